The molecule has 110 valence electrons. The molecule has 0 aliphatic heterocycles. The van der Waals surface area contributed by atoms with Gasteiger partial charge in [-0.1, -0.05) is 59.3 Å². The largest absolute Gasteiger partial charge is 0.310 e. The summed E-state index contributed by atoms with van der Waals surface area (Å²) in [6.45, 7) is 3.23. The van der Waals surface area contributed by atoms with Crippen LogP contribution in [0.2, 0.25) is 0 Å². The lowest BCUT2D eigenvalue weighted by Crippen LogP contribution is -2.39. The van der Waals surface area contributed by atoms with Crippen molar-refractivity contribution in [3.63, 3.8) is 0 Å². The van der Waals surface area contributed by atoms with E-state index in [0.29, 0.717) is 6.04 Å². The first-order valence-electron chi connectivity index (χ1n) is 7.82. The lowest BCUT2D eigenvalue weighted by Gasteiger charge is -2.36. The molecule has 1 saturated carbocycles. The highest BCUT2D eigenvalue weighted by Crippen LogP contribution is 2.37. The van der Waals surface area contributed by atoms with Crippen LogP contribution < -0.4 is 5.32 Å². The third-order valence-electron chi connectivity index (χ3n) is 4.56. The van der Waals surface area contributed by atoms with Crippen molar-refractivity contribution in [2.75, 3.05) is 0 Å². The zero-order valence-electron chi connectivity index (χ0n) is 12.5. The van der Waals surface area contributed by atoms with E-state index in [1.165, 1.54) is 29.5 Å². The van der Waals surface area contributed by atoms with Crippen molar-refractivity contribution >= 4 is 15.9 Å². The number of halogens is 1. The van der Waals surface area contributed by atoms with E-state index in [1.807, 2.05) is 0 Å². The molecule has 1 aliphatic carbocycles. The summed E-state index contributed by atoms with van der Waals surface area (Å²) in [6, 6.07) is 18.2. The number of nitrogens with one attached hydrogen (secondary N) is 1. The highest BCUT2D eigenvalue weighted by molar-refractivity contribution is 9.10. The van der Waals surface area contributed by atoms with E-state index in [1.54, 1.807) is 0 Å². The first-order valence-corrected chi connectivity index (χ1v) is 8.61. The Kier molecular flexibility index (Phi) is 4.77. The monoisotopic (exact) mass is 343 g/mol. The minimum atomic E-state index is 0.670. The van der Waals surface area contributed by atoms with Crippen LogP contribution in [0.3, 0.4) is 0 Å². The molecule has 0 bridgehead atoms. The smallest absolute Gasteiger partial charge is 0.0210 e. The molecule has 1 nitrogen and oxygen atoms in total. The SMILES string of the molecule is CCc1ccccc1CNC1CC(c2ccc(Br)cc2)C1. The zero-order chi connectivity index (χ0) is 14.7. The molecule has 1 fully saturated rings. The first kappa shape index (κ1) is 14.8. The van der Waals surface area contributed by atoms with Gasteiger partial charge in [-0.3, -0.25) is 0 Å². The fourth-order valence-electron chi connectivity index (χ4n) is 3.12. The Morgan fingerprint density at radius 1 is 1.00 bits per heavy atom. The molecule has 1 N–H and O–H groups in total. The highest BCUT2D eigenvalue weighted by atomic mass is 79.9. The fraction of sp³-hybridized carbons (Fsp3) is 0.368. The Balaban J connectivity index is 1.50. The summed E-state index contributed by atoms with van der Waals surface area (Å²) in [5.74, 6) is 0.733. The fourth-order valence-corrected chi connectivity index (χ4v) is 3.39. The third kappa shape index (κ3) is 3.56. The highest BCUT2D eigenvalue weighted by Gasteiger charge is 2.29. The van der Waals surface area contributed by atoms with Crippen molar-refractivity contribution in [1.82, 2.24) is 5.32 Å². The Morgan fingerprint density at radius 3 is 2.33 bits per heavy atom. The molecule has 2 heteroatoms. The molecule has 2 aromatic carbocycles. The molecule has 0 atom stereocenters. The van der Waals surface area contributed by atoms with Gasteiger partial charge in [0, 0.05) is 17.1 Å². The maximum atomic E-state index is 3.71. The summed E-state index contributed by atoms with van der Waals surface area (Å²) in [6.07, 6.45) is 3.63. The number of aryl methyl sites for hydroxylation is 1. The van der Waals surface area contributed by atoms with Gasteiger partial charge in [0.2, 0.25) is 0 Å². The van der Waals surface area contributed by atoms with Crippen molar-refractivity contribution in [3.8, 4) is 0 Å². The molecule has 2 aromatic rings. The predicted octanol–water partition coefficient (Wildman–Crippen LogP) is 5.05. The zero-order valence-corrected chi connectivity index (χ0v) is 14.1. The molecule has 0 heterocycles. The van der Waals surface area contributed by atoms with Crippen molar-refractivity contribution < 1.29 is 0 Å². The van der Waals surface area contributed by atoms with Crippen LogP contribution in [-0.4, -0.2) is 6.04 Å². The minimum Gasteiger partial charge on any atom is -0.310 e. The van der Waals surface area contributed by atoms with E-state index in [0.717, 1.165) is 23.4 Å². The van der Waals surface area contributed by atoms with Crippen LogP contribution in [0.15, 0.2) is 53.0 Å². The number of hydrogen-bond donors (Lipinski definition) is 1. The Labute approximate surface area is 135 Å². The summed E-state index contributed by atoms with van der Waals surface area (Å²) in [5, 5.41) is 3.71. The molecule has 0 amide bonds. The van der Waals surface area contributed by atoms with Gasteiger partial charge in [0.05, 0.1) is 0 Å². The molecule has 0 saturated heterocycles. The van der Waals surface area contributed by atoms with Gasteiger partial charge in [-0.05, 0) is 54.0 Å². The molecule has 0 aromatic heterocycles. The van der Waals surface area contributed by atoms with Gasteiger partial charge in [0.1, 0.15) is 0 Å². The minimum absolute atomic E-state index is 0.670. The van der Waals surface area contributed by atoms with Crippen molar-refractivity contribution in [2.45, 2.75) is 44.7 Å². The lowest BCUT2D eigenvalue weighted by molar-refractivity contribution is 0.289. The van der Waals surface area contributed by atoms with Crippen molar-refractivity contribution in [1.29, 1.82) is 0 Å². The normalized spacial score (nSPS) is 21.0. The maximum absolute atomic E-state index is 3.71. The second-order valence-electron chi connectivity index (χ2n) is 5.92. The van der Waals surface area contributed by atoms with E-state index in [9.17, 15) is 0 Å². The third-order valence-corrected chi connectivity index (χ3v) is 5.09. The molecule has 0 unspecified atom stereocenters. The Morgan fingerprint density at radius 2 is 1.67 bits per heavy atom. The van der Waals surface area contributed by atoms with Gasteiger partial charge < -0.3 is 5.32 Å². The molecule has 0 radical (unpaired) electrons. The standard InChI is InChI=1S/C19H22BrN/c1-2-14-5-3-4-6-16(14)13-21-19-11-17(12-19)15-7-9-18(20)10-8-15/h3-10,17,19,21H,2,11-13H2,1H3. The average Bonchev–Trinajstić information content (AvgIpc) is 2.48. The summed E-state index contributed by atoms with van der Waals surface area (Å²) in [4.78, 5) is 0. The maximum Gasteiger partial charge on any atom is 0.0210 e. The van der Waals surface area contributed by atoms with Crippen LogP contribution >= 0.6 is 15.9 Å². The summed E-state index contributed by atoms with van der Waals surface area (Å²) < 4.78 is 1.16. The number of rotatable bonds is 5. The molecular formula is C19H22BrN. The van der Waals surface area contributed by atoms with E-state index < -0.39 is 0 Å². The van der Waals surface area contributed by atoms with Gasteiger partial charge >= 0.3 is 0 Å². The van der Waals surface area contributed by atoms with E-state index in [4.69, 9.17) is 0 Å². The van der Waals surface area contributed by atoms with Gasteiger partial charge in [0.15, 0.2) is 0 Å². The summed E-state index contributed by atoms with van der Waals surface area (Å²) >= 11 is 3.50. The molecule has 1 aliphatic rings. The summed E-state index contributed by atoms with van der Waals surface area (Å²) in [7, 11) is 0. The van der Waals surface area contributed by atoms with E-state index in [2.05, 4.69) is 76.7 Å². The van der Waals surface area contributed by atoms with Gasteiger partial charge in [-0.2, -0.15) is 0 Å². The van der Waals surface area contributed by atoms with Crippen molar-refractivity contribution in [2.24, 2.45) is 0 Å². The predicted molar refractivity (Wildman–Crippen MR) is 92.6 cm³/mol. The second kappa shape index (κ2) is 6.76. The van der Waals surface area contributed by atoms with Crippen LogP contribution in [0.4, 0.5) is 0 Å². The summed E-state index contributed by atoms with van der Waals surface area (Å²) in [5.41, 5.74) is 4.39. The molecule has 3 rings (SSSR count). The van der Waals surface area contributed by atoms with E-state index in [-0.39, 0.29) is 0 Å². The lowest BCUT2D eigenvalue weighted by atomic mass is 9.76. The number of hydrogen-bond acceptors (Lipinski definition) is 1. The first-order chi connectivity index (χ1) is 10.3. The van der Waals surface area contributed by atoms with Gasteiger partial charge in [-0.15, -0.1) is 0 Å². The van der Waals surface area contributed by atoms with Gasteiger partial charge in [0.25, 0.3) is 0 Å². The van der Waals surface area contributed by atoms with Crippen LogP contribution in [0.25, 0.3) is 0 Å². The molecule has 0 spiro atoms. The van der Waals surface area contributed by atoms with Crippen molar-refractivity contribution in [3.05, 3.63) is 69.7 Å². The average molecular weight is 344 g/mol. The molecular weight excluding hydrogens is 322 g/mol. The van der Waals surface area contributed by atoms with Crippen LogP contribution in [0, 0.1) is 0 Å². The Hall–Kier alpha value is -1.12. The molecule has 21 heavy (non-hydrogen) atoms. The van der Waals surface area contributed by atoms with Crippen LogP contribution in [0.5, 0.6) is 0 Å². The van der Waals surface area contributed by atoms with E-state index >= 15 is 0 Å². The van der Waals surface area contributed by atoms with Crippen LogP contribution in [0.1, 0.15) is 42.4 Å². The second-order valence-corrected chi connectivity index (χ2v) is 6.84. The van der Waals surface area contributed by atoms with Crippen LogP contribution in [-0.2, 0) is 13.0 Å². The topological polar surface area (TPSA) is 12.0 Å². The Bertz CT molecular complexity index is 585. The number of benzene rings is 2. The van der Waals surface area contributed by atoms with Gasteiger partial charge in [-0.25, -0.2) is 0 Å². The quantitative estimate of drug-likeness (QED) is 0.801.